The molecule has 1 N–H and O–H groups in total. The van der Waals surface area contributed by atoms with Crippen LogP contribution in [0.15, 0.2) is 42.5 Å². The van der Waals surface area contributed by atoms with Crippen molar-refractivity contribution < 1.29 is 14.6 Å². The number of nitrogens with zero attached hydrogens (tertiary/aromatic N) is 1. The van der Waals surface area contributed by atoms with Crippen molar-refractivity contribution in [2.24, 2.45) is 0 Å². The summed E-state index contributed by atoms with van der Waals surface area (Å²) in [6.45, 7) is 0.351. The van der Waals surface area contributed by atoms with Gasteiger partial charge in [-0.2, -0.15) is 5.26 Å². The van der Waals surface area contributed by atoms with Gasteiger partial charge in [0, 0.05) is 0 Å². The maximum atomic E-state index is 9.16. The standard InChI is InChI=1S/C15H13NO3/c1-18-15-7-2-11(8-12(15)9-16)10-19-14-5-3-13(17)4-6-14/h2-8,17H,10H2,1H3. The molecule has 0 fully saturated rings. The second-order valence-electron chi connectivity index (χ2n) is 3.93. The zero-order valence-electron chi connectivity index (χ0n) is 10.5. The topological polar surface area (TPSA) is 62.5 Å². The summed E-state index contributed by atoms with van der Waals surface area (Å²) in [6, 6.07) is 13.9. The lowest BCUT2D eigenvalue weighted by Crippen LogP contribution is -1.97. The van der Waals surface area contributed by atoms with Crippen LogP contribution in [-0.4, -0.2) is 12.2 Å². The van der Waals surface area contributed by atoms with Crippen LogP contribution in [0.5, 0.6) is 17.2 Å². The van der Waals surface area contributed by atoms with E-state index in [1.807, 2.05) is 6.07 Å². The molecule has 0 aromatic heterocycles. The molecule has 0 aliphatic carbocycles. The van der Waals surface area contributed by atoms with E-state index in [1.165, 1.54) is 7.11 Å². The van der Waals surface area contributed by atoms with Gasteiger partial charge in [0.15, 0.2) is 0 Å². The van der Waals surface area contributed by atoms with Crippen molar-refractivity contribution in [1.82, 2.24) is 0 Å². The summed E-state index contributed by atoms with van der Waals surface area (Å²) in [5.74, 6) is 1.41. The van der Waals surface area contributed by atoms with E-state index in [0.717, 1.165) is 5.56 Å². The Morgan fingerprint density at radius 1 is 1.16 bits per heavy atom. The molecule has 0 saturated carbocycles. The van der Waals surface area contributed by atoms with Gasteiger partial charge < -0.3 is 14.6 Å². The zero-order valence-corrected chi connectivity index (χ0v) is 10.5. The lowest BCUT2D eigenvalue weighted by atomic mass is 10.1. The fourth-order valence-corrected chi connectivity index (χ4v) is 1.64. The minimum absolute atomic E-state index is 0.198. The average molecular weight is 255 g/mol. The number of phenolic OH excluding ortho intramolecular Hbond substituents is 1. The van der Waals surface area contributed by atoms with Crippen molar-refractivity contribution in [2.45, 2.75) is 6.61 Å². The molecule has 19 heavy (non-hydrogen) atoms. The molecule has 0 amide bonds. The lowest BCUT2D eigenvalue weighted by molar-refractivity contribution is 0.305. The summed E-state index contributed by atoms with van der Waals surface area (Å²) in [7, 11) is 1.53. The van der Waals surface area contributed by atoms with Gasteiger partial charge in [0.05, 0.1) is 12.7 Å². The summed E-state index contributed by atoms with van der Waals surface area (Å²) in [6.07, 6.45) is 0. The van der Waals surface area contributed by atoms with E-state index in [9.17, 15) is 0 Å². The molecule has 96 valence electrons. The number of hydrogen-bond acceptors (Lipinski definition) is 4. The highest BCUT2D eigenvalue weighted by molar-refractivity contribution is 5.45. The Kier molecular flexibility index (Phi) is 3.89. The molecule has 0 unspecified atom stereocenters. The van der Waals surface area contributed by atoms with E-state index < -0.39 is 0 Å². The van der Waals surface area contributed by atoms with E-state index >= 15 is 0 Å². The number of ether oxygens (including phenoxy) is 2. The van der Waals surface area contributed by atoms with Gasteiger partial charge in [-0.1, -0.05) is 6.07 Å². The van der Waals surface area contributed by atoms with Crippen LogP contribution in [0.2, 0.25) is 0 Å². The number of hydrogen-bond donors (Lipinski definition) is 1. The molecular weight excluding hydrogens is 242 g/mol. The smallest absolute Gasteiger partial charge is 0.136 e. The molecular formula is C15H13NO3. The lowest BCUT2D eigenvalue weighted by Gasteiger charge is -2.08. The molecule has 0 aliphatic rings. The molecule has 0 heterocycles. The second-order valence-corrected chi connectivity index (χ2v) is 3.93. The minimum Gasteiger partial charge on any atom is -0.508 e. The summed E-state index contributed by atoms with van der Waals surface area (Å²) >= 11 is 0. The highest BCUT2D eigenvalue weighted by atomic mass is 16.5. The maximum absolute atomic E-state index is 9.16. The first-order chi connectivity index (χ1) is 9.22. The van der Waals surface area contributed by atoms with Crippen LogP contribution in [0.1, 0.15) is 11.1 Å². The molecule has 2 aromatic carbocycles. The number of methoxy groups -OCH3 is 1. The maximum Gasteiger partial charge on any atom is 0.136 e. The first-order valence-corrected chi connectivity index (χ1v) is 5.72. The van der Waals surface area contributed by atoms with Gasteiger partial charge in [0.25, 0.3) is 0 Å². The first-order valence-electron chi connectivity index (χ1n) is 5.72. The van der Waals surface area contributed by atoms with Crippen LogP contribution in [-0.2, 0) is 6.61 Å². The van der Waals surface area contributed by atoms with Crippen LogP contribution in [0.3, 0.4) is 0 Å². The molecule has 0 radical (unpaired) electrons. The van der Waals surface area contributed by atoms with Gasteiger partial charge in [0.1, 0.15) is 29.9 Å². The third kappa shape index (κ3) is 3.17. The Morgan fingerprint density at radius 3 is 2.53 bits per heavy atom. The molecule has 2 rings (SSSR count). The van der Waals surface area contributed by atoms with E-state index in [2.05, 4.69) is 6.07 Å². The van der Waals surface area contributed by atoms with Crippen molar-refractivity contribution in [2.75, 3.05) is 7.11 Å². The van der Waals surface area contributed by atoms with Crippen molar-refractivity contribution in [3.63, 3.8) is 0 Å². The molecule has 2 aromatic rings. The third-order valence-electron chi connectivity index (χ3n) is 2.63. The summed E-state index contributed by atoms with van der Waals surface area (Å²) < 4.78 is 10.6. The fraction of sp³-hybridized carbons (Fsp3) is 0.133. The van der Waals surface area contributed by atoms with Gasteiger partial charge in [-0.25, -0.2) is 0 Å². The van der Waals surface area contributed by atoms with Crippen LogP contribution < -0.4 is 9.47 Å². The number of nitriles is 1. The molecule has 0 aliphatic heterocycles. The van der Waals surface area contributed by atoms with Crippen LogP contribution in [0, 0.1) is 11.3 Å². The number of phenols is 1. The van der Waals surface area contributed by atoms with Crippen molar-refractivity contribution >= 4 is 0 Å². The van der Waals surface area contributed by atoms with Gasteiger partial charge >= 0.3 is 0 Å². The van der Waals surface area contributed by atoms with Crippen molar-refractivity contribution in [3.05, 3.63) is 53.6 Å². The van der Waals surface area contributed by atoms with E-state index in [1.54, 1.807) is 36.4 Å². The van der Waals surface area contributed by atoms with Gasteiger partial charge in [-0.3, -0.25) is 0 Å². The largest absolute Gasteiger partial charge is 0.508 e. The molecule has 0 atom stereocenters. The Balaban J connectivity index is 2.08. The Bertz CT molecular complexity index is 600. The molecule has 0 bridgehead atoms. The van der Waals surface area contributed by atoms with E-state index in [-0.39, 0.29) is 5.75 Å². The predicted octanol–water partition coefficient (Wildman–Crippen LogP) is 2.85. The minimum atomic E-state index is 0.198. The fourth-order valence-electron chi connectivity index (χ4n) is 1.64. The SMILES string of the molecule is COc1ccc(COc2ccc(O)cc2)cc1C#N. The van der Waals surface area contributed by atoms with Crippen molar-refractivity contribution in [1.29, 1.82) is 5.26 Å². The number of benzene rings is 2. The third-order valence-corrected chi connectivity index (χ3v) is 2.63. The summed E-state index contributed by atoms with van der Waals surface area (Å²) in [5.41, 5.74) is 1.36. The Morgan fingerprint density at radius 2 is 1.89 bits per heavy atom. The quantitative estimate of drug-likeness (QED) is 0.912. The highest BCUT2D eigenvalue weighted by Crippen LogP contribution is 2.21. The number of rotatable bonds is 4. The monoisotopic (exact) mass is 255 g/mol. The Hall–Kier alpha value is -2.67. The predicted molar refractivity (Wildman–Crippen MR) is 70.1 cm³/mol. The van der Waals surface area contributed by atoms with Crippen LogP contribution in [0.4, 0.5) is 0 Å². The zero-order chi connectivity index (χ0) is 13.7. The van der Waals surface area contributed by atoms with Gasteiger partial charge in [-0.05, 0) is 42.0 Å². The second kappa shape index (κ2) is 5.78. The summed E-state index contributed by atoms with van der Waals surface area (Å²) in [5, 5.41) is 18.2. The van der Waals surface area contributed by atoms with Crippen molar-refractivity contribution in [3.8, 4) is 23.3 Å². The normalized spacial score (nSPS) is 9.68. The molecule has 4 heteroatoms. The Labute approximate surface area is 111 Å². The van der Waals surface area contributed by atoms with Gasteiger partial charge in [0.2, 0.25) is 0 Å². The number of aromatic hydroxyl groups is 1. The summed E-state index contributed by atoms with van der Waals surface area (Å²) in [4.78, 5) is 0. The average Bonchev–Trinajstić information content (AvgIpc) is 2.46. The first kappa shape index (κ1) is 12.8. The van der Waals surface area contributed by atoms with Crippen LogP contribution in [0.25, 0.3) is 0 Å². The highest BCUT2D eigenvalue weighted by Gasteiger charge is 2.04. The molecule has 0 spiro atoms. The van der Waals surface area contributed by atoms with E-state index in [0.29, 0.717) is 23.7 Å². The molecule has 0 saturated heterocycles. The molecule has 4 nitrogen and oxygen atoms in total. The van der Waals surface area contributed by atoms with E-state index in [4.69, 9.17) is 19.8 Å². The van der Waals surface area contributed by atoms with Crippen LogP contribution >= 0.6 is 0 Å². The van der Waals surface area contributed by atoms with Gasteiger partial charge in [-0.15, -0.1) is 0 Å².